The molecular weight excluding hydrogens is 294 g/mol. The summed E-state index contributed by atoms with van der Waals surface area (Å²) in [5.41, 5.74) is 1.96. The fourth-order valence-corrected chi connectivity index (χ4v) is 2.10. The molecule has 5 heteroatoms. The zero-order valence-electron chi connectivity index (χ0n) is 10.2. The van der Waals surface area contributed by atoms with E-state index in [4.69, 9.17) is 4.74 Å². The molecule has 2 N–H and O–H groups in total. The minimum absolute atomic E-state index is 0.811. The van der Waals surface area contributed by atoms with Crippen LogP contribution in [0.15, 0.2) is 41.0 Å². The summed E-state index contributed by atoms with van der Waals surface area (Å²) in [4.78, 5) is 4.16. The van der Waals surface area contributed by atoms with E-state index in [1.165, 1.54) is 0 Å². The SMILES string of the molecule is CNc1cc(Nc2ccc(OC)c(Br)c2)ccn1. The molecule has 2 aromatic rings. The van der Waals surface area contributed by atoms with Gasteiger partial charge in [0.1, 0.15) is 11.6 Å². The quantitative estimate of drug-likeness (QED) is 0.905. The zero-order chi connectivity index (χ0) is 13.0. The molecule has 1 heterocycles. The number of hydrogen-bond acceptors (Lipinski definition) is 4. The molecule has 0 amide bonds. The van der Waals surface area contributed by atoms with E-state index in [2.05, 4.69) is 31.5 Å². The molecule has 0 aliphatic rings. The van der Waals surface area contributed by atoms with E-state index in [0.29, 0.717) is 0 Å². The van der Waals surface area contributed by atoms with Crippen molar-refractivity contribution >= 4 is 33.1 Å². The molecule has 0 spiro atoms. The third-order valence-electron chi connectivity index (χ3n) is 2.46. The van der Waals surface area contributed by atoms with Crippen LogP contribution in [0.3, 0.4) is 0 Å². The van der Waals surface area contributed by atoms with E-state index in [-0.39, 0.29) is 0 Å². The second kappa shape index (κ2) is 5.73. The molecule has 0 saturated heterocycles. The number of nitrogens with zero attached hydrogens (tertiary/aromatic N) is 1. The van der Waals surface area contributed by atoms with Crippen LogP contribution in [0.5, 0.6) is 5.75 Å². The molecule has 18 heavy (non-hydrogen) atoms. The van der Waals surface area contributed by atoms with Crippen LogP contribution in [0, 0.1) is 0 Å². The minimum Gasteiger partial charge on any atom is -0.496 e. The van der Waals surface area contributed by atoms with Crippen LogP contribution >= 0.6 is 15.9 Å². The summed E-state index contributed by atoms with van der Waals surface area (Å²) in [6, 6.07) is 9.70. The van der Waals surface area contributed by atoms with Crippen molar-refractivity contribution in [1.82, 2.24) is 4.98 Å². The maximum atomic E-state index is 5.19. The highest BCUT2D eigenvalue weighted by Gasteiger charge is 2.02. The largest absolute Gasteiger partial charge is 0.496 e. The molecule has 0 radical (unpaired) electrons. The van der Waals surface area contributed by atoms with Gasteiger partial charge in [0.15, 0.2) is 0 Å². The van der Waals surface area contributed by atoms with Crippen LogP contribution in [-0.4, -0.2) is 19.1 Å². The average Bonchev–Trinajstić information content (AvgIpc) is 2.39. The van der Waals surface area contributed by atoms with E-state index in [0.717, 1.165) is 27.4 Å². The van der Waals surface area contributed by atoms with Crippen LogP contribution in [0.1, 0.15) is 0 Å². The highest BCUT2D eigenvalue weighted by molar-refractivity contribution is 9.10. The third kappa shape index (κ3) is 2.92. The Kier molecular flexibility index (Phi) is 4.04. The van der Waals surface area contributed by atoms with Gasteiger partial charge in [-0.15, -0.1) is 0 Å². The molecule has 0 bridgehead atoms. The van der Waals surface area contributed by atoms with Crippen LogP contribution in [0.25, 0.3) is 0 Å². The van der Waals surface area contributed by atoms with Gasteiger partial charge in [-0.2, -0.15) is 0 Å². The van der Waals surface area contributed by atoms with Crippen molar-refractivity contribution in [2.24, 2.45) is 0 Å². The van der Waals surface area contributed by atoms with E-state index >= 15 is 0 Å². The smallest absolute Gasteiger partial charge is 0.133 e. The van der Waals surface area contributed by atoms with Gasteiger partial charge < -0.3 is 15.4 Å². The van der Waals surface area contributed by atoms with Gasteiger partial charge in [0.05, 0.1) is 11.6 Å². The topological polar surface area (TPSA) is 46.2 Å². The highest BCUT2D eigenvalue weighted by Crippen LogP contribution is 2.29. The van der Waals surface area contributed by atoms with Gasteiger partial charge in [-0.25, -0.2) is 4.98 Å². The Balaban J connectivity index is 2.20. The van der Waals surface area contributed by atoms with E-state index in [1.54, 1.807) is 13.3 Å². The van der Waals surface area contributed by atoms with Crippen LogP contribution in [0.4, 0.5) is 17.2 Å². The minimum atomic E-state index is 0.811. The Labute approximate surface area is 115 Å². The number of rotatable bonds is 4. The summed E-state index contributed by atoms with van der Waals surface area (Å²) in [5, 5.41) is 6.31. The molecule has 0 atom stereocenters. The number of nitrogens with one attached hydrogen (secondary N) is 2. The third-order valence-corrected chi connectivity index (χ3v) is 3.08. The van der Waals surface area contributed by atoms with Crippen LogP contribution in [0.2, 0.25) is 0 Å². The number of halogens is 1. The lowest BCUT2D eigenvalue weighted by Gasteiger charge is -2.10. The predicted molar refractivity (Wildman–Crippen MR) is 77.8 cm³/mol. The number of benzene rings is 1. The Morgan fingerprint density at radius 3 is 2.61 bits per heavy atom. The standard InChI is InChI=1S/C13H14BrN3O/c1-15-13-8-10(5-6-16-13)17-9-3-4-12(18-2)11(14)7-9/h3-8H,1-2H3,(H2,15,16,17). The van der Waals surface area contributed by atoms with Crippen LogP contribution in [-0.2, 0) is 0 Å². The normalized spacial score (nSPS) is 9.94. The highest BCUT2D eigenvalue weighted by atomic mass is 79.9. The van der Waals surface area contributed by atoms with Gasteiger partial charge in [0.2, 0.25) is 0 Å². The summed E-state index contributed by atoms with van der Waals surface area (Å²) in [5.74, 6) is 1.64. The number of ether oxygens (including phenoxy) is 1. The number of aromatic nitrogens is 1. The molecule has 0 unspecified atom stereocenters. The van der Waals surface area contributed by atoms with Crippen molar-refractivity contribution in [2.45, 2.75) is 0 Å². The number of anilines is 3. The maximum Gasteiger partial charge on any atom is 0.133 e. The Morgan fingerprint density at radius 2 is 1.94 bits per heavy atom. The molecule has 1 aromatic carbocycles. The fourth-order valence-electron chi connectivity index (χ4n) is 1.56. The zero-order valence-corrected chi connectivity index (χ0v) is 11.8. The van der Waals surface area contributed by atoms with Gasteiger partial charge in [-0.1, -0.05) is 0 Å². The molecule has 0 saturated carbocycles. The molecule has 0 aliphatic carbocycles. The summed E-state index contributed by atoms with van der Waals surface area (Å²) >= 11 is 3.46. The maximum absolute atomic E-state index is 5.19. The van der Waals surface area contributed by atoms with Crippen molar-refractivity contribution in [1.29, 1.82) is 0 Å². The molecule has 0 fully saturated rings. The average molecular weight is 308 g/mol. The summed E-state index contributed by atoms with van der Waals surface area (Å²) in [6.45, 7) is 0. The van der Waals surface area contributed by atoms with Crippen molar-refractivity contribution in [2.75, 3.05) is 24.8 Å². The first-order valence-corrected chi connectivity index (χ1v) is 6.26. The molecule has 2 rings (SSSR count). The van der Waals surface area contributed by atoms with Crippen molar-refractivity contribution in [3.63, 3.8) is 0 Å². The Bertz CT molecular complexity index is 546. The van der Waals surface area contributed by atoms with E-state index < -0.39 is 0 Å². The lowest BCUT2D eigenvalue weighted by molar-refractivity contribution is 0.412. The molecule has 0 aliphatic heterocycles. The number of pyridine rings is 1. The Morgan fingerprint density at radius 1 is 1.17 bits per heavy atom. The number of hydrogen-bond donors (Lipinski definition) is 2. The van der Waals surface area contributed by atoms with Gasteiger partial charge in [-0.3, -0.25) is 0 Å². The monoisotopic (exact) mass is 307 g/mol. The Hall–Kier alpha value is -1.75. The first kappa shape index (κ1) is 12.7. The van der Waals surface area contributed by atoms with Gasteiger partial charge in [-0.05, 0) is 40.2 Å². The number of methoxy groups -OCH3 is 1. The van der Waals surface area contributed by atoms with E-state index in [9.17, 15) is 0 Å². The van der Waals surface area contributed by atoms with Crippen molar-refractivity contribution in [3.8, 4) is 5.75 Å². The van der Waals surface area contributed by atoms with Crippen molar-refractivity contribution in [3.05, 3.63) is 41.0 Å². The first-order valence-electron chi connectivity index (χ1n) is 5.47. The first-order chi connectivity index (χ1) is 8.72. The predicted octanol–water partition coefficient (Wildman–Crippen LogP) is 3.64. The van der Waals surface area contributed by atoms with Gasteiger partial charge >= 0.3 is 0 Å². The lowest BCUT2D eigenvalue weighted by atomic mass is 10.3. The fraction of sp³-hybridized carbons (Fsp3) is 0.154. The molecular formula is C13H14BrN3O. The second-order valence-electron chi connectivity index (χ2n) is 3.65. The summed E-state index contributed by atoms with van der Waals surface area (Å²) in [7, 11) is 3.49. The lowest BCUT2D eigenvalue weighted by Crippen LogP contribution is -1.95. The molecule has 4 nitrogen and oxygen atoms in total. The van der Waals surface area contributed by atoms with Crippen LogP contribution < -0.4 is 15.4 Å². The summed E-state index contributed by atoms with van der Waals surface area (Å²) < 4.78 is 6.11. The summed E-state index contributed by atoms with van der Waals surface area (Å²) in [6.07, 6.45) is 1.76. The van der Waals surface area contributed by atoms with Gasteiger partial charge in [0.25, 0.3) is 0 Å². The van der Waals surface area contributed by atoms with Crippen molar-refractivity contribution < 1.29 is 4.74 Å². The molecule has 94 valence electrons. The van der Waals surface area contributed by atoms with E-state index in [1.807, 2.05) is 37.4 Å². The molecule has 1 aromatic heterocycles. The van der Waals surface area contributed by atoms with Gasteiger partial charge in [0, 0.05) is 30.7 Å². The second-order valence-corrected chi connectivity index (χ2v) is 4.51.